The Labute approximate surface area is 119 Å². The van der Waals surface area contributed by atoms with E-state index in [4.69, 9.17) is 5.11 Å². The maximum absolute atomic E-state index is 10.9. The number of hydrogen-bond donors (Lipinski definition) is 3. The molecule has 0 unspecified atom stereocenters. The second kappa shape index (κ2) is 6.86. The molecule has 2 rings (SSSR count). The minimum absolute atomic E-state index is 0.278. The van der Waals surface area contributed by atoms with Crippen LogP contribution in [0.15, 0.2) is 30.3 Å². The fourth-order valence-corrected chi connectivity index (χ4v) is 2.78. The highest BCUT2D eigenvalue weighted by Crippen LogP contribution is 2.31. The monoisotopic (exact) mass is 277 g/mol. The normalized spacial score (nSPS) is 26.4. The molecule has 1 aliphatic rings. The Morgan fingerprint density at radius 1 is 1.25 bits per heavy atom. The minimum Gasteiger partial charge on any atom is -0.481 e. The Hall–Kier alpha value is -1.39. The van der Waals surface area contributed by atoms with Gasteiger partial charge in [0.2, 0.25) is 0 Å². The van der Waals surface area contributed by atoms with Crippen LogP contribution < -0.4 is 5.32 Å². The van der Waals surface area contributed by atoms with Gasteiger partial charge in [0.25, 0.3) is 0 Å². The number of hydrogen-bond acceptors (Lipinski definition) is 3. The Morgan fingerprint density at radius 3 is 2.50 bits per heavy atom. The van der Waals surface area contributed by atoms with Crippen molar-refractivity contribution in [1.29, 1.82) is 0 Å². The van der Waals surface area contributed by atoms with E-state index in [0.29, 0.717) is 32.2 Å². The van der Waals surface area contributed by atoms with Crippen molar-refractivity contribution in [3.63, 3.8) is 0 Å². The third-order valence-electron chi connectivity index (χ3n) is 4.15. The van der Waals surface area contributed by atoms with Crippen LogP contribution >= 0.6 is 0 Å². The highest BCUT2D eigenvalue weighted by Gasteiger charge is 2.35. The Balaban J connectivity index is 1.68. The molecule has 110 valence electrons. The first-order valence-electron chi connectivity index (χ1n) is 7.29. The number of aliphatic carboxylic acids is 1. The molecule has 0 saturated heterocycles. The van der Waals surface area contributed by atoms with E-state index in [1.165, 1.54) is 5.56 Å². The Bertz CT molecular complexity index is 425. The molecule has 20 heavy (non-hydrogen) atoms. The van der Waals surface area contributed by atoms with Crippen molar-refractivity contribution >= 4 is 5.97 Å². The summed E-state index contributed by atoms with van der Waals surface area (Å²) in [7, 11) is 0. The van der Waals surface area contributed by atoms with E-state index < -0.39 is 11.6 Å². The van der Waals surface area contributed by atoms with Crippen LogP contribution in [0.5, 0.6) is 0 Å². The second-order valence-electron chi connectivity index (χ2n) is 5.75. The third-order valence-corrected chi connectivity index (χ3v) is 4.15. The van der Waals surface area contributed by atoms with Crippen molar-refractivity contribution < 1.29 is 15.0 Å². The van der Waals surface area contributed by atoms with Gasteiger partial charge < -0.3 is 15.5 Å². The summed E-state index contributed by atoms with van der Waals surface area (Å²) in [6, 6.07) is 10.2. The van der Waals surface area contributed by atoms with E-state index in [1.54, 1.807) is 0 Å². The standard InChI is InChI=1S/C16H23NO3/c18-15(19)14-6-9-16(20,10-7-14)12-17-11-8-13-4-2-1-3-5-13/h1-5,14,17,20H,6-12H2,(H,18,19). The number of carbonyl (C=O) groups is 1. The molecule has 4 heteroatoms. The molecule has 0 bridgehead atoms. The number of carboxylic acids is 1. The minimum atomic E-state index is -0.733. The quantitative estimate of drug-likeness (QED) is 0.694. The molecule has 0 spiro atoms. The van der Waals surface area contributed by atoms with Crippen LogP contribution in [-0.2, 0) is 11.2 Å². The molecule has 0 heterocycles. The predicted octanol–water partition coefficient (Wildman–Crippen LogP) is 1.82. The molecule has 0 radical (unpaired) electrons. The first-order valence-corrected chi connectivity index (χ1v) is 7.29. The van der Waals surface area contributed by atoms with Gasteiger partial charge in [-0.05, 0) is 44.2 Å². The summed E-state index contributed by atoms with van der Waals surface area (Å²) >= 11 is 0. The molecule has 0 aliphatic heterocycles. The summed E-state index contributed by atoms with van der Waals surface area (Å²) in [5, 5.41) is 22.7. The average molecular weight is 277 g/mol. The summed E-state index contributed by atoms with van der Waals surface area (Å²) < 4.78 is 0. The predicted molar refractivity (Wildman–Crippen MR) is 77.6 cm³/mol. The fraction of sp³-hybridized carbons (Fsp3) is 0.562. The lowest BCUT2D eigenvalue weighted by atomic mass is 9.79. The zero-order chi connectivity index (χ0) is 14.4. The molecule has 1 aromatic rings. The van der Waals surface area contributed by atoms with Crippen molar-refractivity contribution in [3.8, 4) is 0 Å². The van der Waals surface area contributed by atoms with Gasteiger partial charge >= 0.3 is 5.97 Å². The maximum atomic E-state index is 10.9. The maximum Gasteiger partial charge on any atom is 0.306 e. The largest absolute Gasteiger partial charge is 0.481 e. The van der Waals surface area contributed by atoms with Gasteiger partial charge in [-0.2, -0.15) is 0 Å². The van der Waals surface area contributed by atoms with E-state index in [9.17, 15) is 9.90 Å². The smallest absolute Gasteiger partial charge is 0.306 e. The highest BCUT2D eigenvalue weighted by atomic mass is 16.4. The van der Waals surface area contributed by atoms with E-state index in [2.05, 4.69) is 17.4 Å². The van der Waals surface area contributed by atoms with Crippen molar-refractivity contribution in [1.82, 2.24) is 5.32 Å². The topological polar surface area (TPSA) is 69.6 Å². The summed E-state index contributed by atoms with van der Waals surface area (Å²) in [5.41, 5.74) is 0.546. The van der Waals surface area contributed by atoms with Crippen LogP contribution in [0.1, 0.15) is 31.2 Å². The van der Waals surface area contributed by atoms with Gasteiger partial charge in [-0.1, -0.05) is 30.3 Å². The molecular formula is C16H23NO3. The van der Waals surface area contributed by atoms with Gasteiger partial charge in [-0.25, -0.2) is 0 Å². The van der Waals surface area contributed by atoms with Crippen LogP contribution in [0.4, 0.5) is 0 Å². The summed E-state index contributed by atoms with van der Waals surface area (Å²) in [6.45, 7) is 1.38. The van der Waals surface area contributed by atoms with E-state index in [1.807, 2.05) is 18.2 Å². The van der Waals surface area contributed by atoms with Crippen LogP contribution in [0.25, 0.3) is 0 Å². The van der Waals surface area contributed by atoms with Gasteiger partial charge in [0.1, 0.15) is 0 Å². The SMILES string of the molecule is O=C(O)C1CCC(O)(CNCCc2ccccc2)CC1. The third kappa shape index (κ3) is 4.32. The summed E-state index contributed by atoms with van der Waals surface area (Å²) in [5.74, 6) is -1.01. The number of nitrogens with one attached hydrogen (secondary N) is 1. The number of benzene rings is 1. The lowest BCUT2D eigenvalue weighted by molar-refractivity contribution is -0.144. The summed E-state index contributed by atoms with van der Waals surface area (Å²) in [6.07, 6.45) is 3.23. The van der Waals surface area contributed by atoms with Crippen LogP contribution in [0, 0.1) is 5.92 Å². The first kappa shape index (κ1) is 15.0. The van der Waals surface area contributed by atoms with Gasteiger partial charge in [0.05, 0.1) is 11.5 Å². The second-order valence-corrected chi connectivity index (χ2v) is 5.75. The van der Waals surface area contributed by atoms with E-state index in [-0.39, 0.29) is 5.92 Å². The molecule has 1 aromatic carbocycles. The van der Waals surface area contributed by atoms with Crippen LogP contribution in [0.2, 0.25) is 0 Å². The zero-order valence-electron chi connectivity index (χ0n) is 11.7. The van der Waals surface area contributed by atoms with Crippen molar-refractivity contribution in [2.24, 2.45) is 5.92 Å². The average Bonchev–Trinajstić information content (AvgIpc) is 2.45. The van der Waals surface area contributed by atoms with Gasteiger partial charge in [0.15, 0.2) is 0 Å². The van der Waals surface area contributed by atoms with Crippen LogP contribution in [-0.4, -0.2) is 34.9 Å². The molecule has 4 nitrogen and oxygen atoms in total. The lowest BCUT2D eigenvalue weighted by Gasteiger charge is -2.34. The fourth-order valence-electron chi connectivity index (χ4n) is 2.78. The molecule has 1 fully saturated rings. The van der Waals surface area contributed by atoms with Crippen molar-refractivity contribution in [2.75, 3.05) is 13.1 Å². The first-order chi connectivity index (χ1) is 9.59. The number of carboxylic acid groups (broad SMARTS) is 1. The lowest BCUT2D eigenvalue weighted by Crippen LogP contribution is -2.44. The molecule has 1 aliphatic carbocycles. The zero-order valence-corrected chi connectivity index (χ0v) is 11.7. The number of rotatable bonds is 6. The Kier molecular flexibility index (Phi) is 5.15. The van der Waals surface area contributed by atoms with Gasteiger partial charge in [0, 0.05) is 6.54 Å². The molecule has 0 amide bonds. The molecular weight excluding hydrogens is 254 g/mol. The molecule has 0 atom stereocenters. The van der Waals surface area contributed by atoms with E-state index >= 15 is 0 Å². The van der Waals surface area contributed by atoms with E-state index in [0.717, 1.165) is 13.0 Å². The Morgan fingerprint density at radius 2 is 1.90 bits per heavy atom. The molecule has 3 N–H and O–H groups in total. The molecule has 0 aromatic heterocycles. The van der Waals surface area contributed by atoms with Crippen LogP contribution in [0.3, 0.4) is 0 Å². The van der Waals surface area contributed by atoms with Crippen molar-refractivity contribution in [2.45, 2.75) is 37.7 Å². The highest BCUT2D eigenvalue weighted by molar-refractivity contribution is 5.70. The van der Waals surface area contributed by atoms with Gasteiger partial charge in [-0.3, -0.25) is 4.79 Å². The summed E-state index contributed by atoms with van der Waals surface area (Å²) in [4.78, 5) is 10.9. The van der Waals surface area contributed by atoms with Crippen molar-refractivity contribution in [3.05, 3.63) is 35.9 Å². The number of aliphatic hydroxyl groups is 1. The van der Waals surface area contributed by atoms with Gasteiger partial charge in [-0.15, -0.1) is 0 Å². The molecule has 1 saturated carbocycles.